The number of aromatic nitrogens is 1. The lowest BCUT2D eigenvalue weighted by atomic mass is 9.71. The van der Waals surface area contributed by atoms with Crippen LogP contribution in [-0.4, -0.2) is 42.1 Å². The molecule has 0 unspecified atom stereocenters. The van der Waals surface area contributed by atoms with Crippen LogP contribution in [0.25, 0.3) is 0 Å². The van der Waals surface area contributed by atoms with Crippen molar-refractivity contribution in [1.29, 1.82) is 0 Å². The molecule has 3 nitrogen and oxygen atoms in total. The molecule has 110 valence electrons. The van der Waals surface area contributed by atoms with Crippen molar-refractivity contribution < 1.29 is 0 Å². The van der Waals surface area contributed by atoms with E-state index in [1.54, 1.807) is 0 Å². The first-order valence-electron chi connectivity index (χ1n) is 8.08. The molecule has 20 heavy (non-hydrogen) atoms. The van der Waals surface area contributed by atoms with Gasteiger partial charge in [-0.15, -0.1) is 0 Å². The lowest BCUT2D eigenvalue weighted by Gasteiger charge is -2.48. The van der Waals surface area contributed by atoms with Crippen LogP contribution >= 0.6 is 0 Å². The van der Waals surface area contributed by atoms with Gasteiger partial charge in [0.15, 0.2) is 0 Å². The lowest BCUT2D eigenvalue weighted by molar-refractivity contribution is 0.0632. The molecule has 1 aromatic rings. The van der Waals surface area contributed by atoms with Gasteiger partial charge in [-0.2, -0.15) is 0 Å². The predicted molar refractivity (Wildman–Crippen MR) is 84.1 cm³/mol. The highest BCUT2D eigenvalue weighted by atomic mass is 15.2. The van der Waals surface area contributed by atoms with Gasteiger partial charge in [0, 0.05) is 37.2 Å². The van der Waals surface area contributed by atoms with Crippen LogP contribution in [-0.2, 0) is 0 Å². The molecule has 0 aromatic carbocycles. The molecule has 1 spiro atoms. The van der Waals surface area contributed by atoms with E-state index in [0.29, 0.717) is 11.5 Å². The third kappa shape index (κ3) is 2.83. The third-order valence-electron chi connectivity index (χ3n) is 5.44. The Morgan fingerprint density at radius 1 is 0.950 bits per heavy atom. The summed E-state index contributed by atoms with van der Waals surface area (Å²) in [6.45, 7) is 9.67. The van der Waals surface area contributed by atoms with Gasteiger partial charge in [-0.3, -0.25) is 4.98 Å². The zero-order chi connectivity index (χ0) is 14.0. The Balaban J connectivity index is 1.57. The summed E-state index contributed by atoms with van der Waals surface area (Å²) in [6, 6.07) is 4.99. The van der Waals surface area contributed by atoms with E-state index in [-0.39, 0.29) is 0 Å². The van der Waals surface area contributed by atoms with Crippen molar-refractivity contribution in [2.75, 3.05) is 31.1 Å². The van der Waals surface area contributed by atoms with Crippen molar-refractivity contribution in [2.45, 2.75) is 45.6 Å². The second-order valence-corrected chi connectivity index (χ2v) is 6.82. The largest absolute Gasteiger partial charge is 0.371 e. The number of rotatable bonds is 2. The van der Waals surface area contributed by atoms with Crippen molar-refractivity contribution in [3.05, 3.63) is 24.5 Å². The molecule has 0 atom stereocenters. The Labute approximate surface area is 123 Å². The van der Waals surface area contributed by atoms with Crippen LogP contribution in [0.4, 0.5) is 5.69 Å². The van der Waals surface area contributed by atoms with E-state index >= 15 is 0 Å². The molecule has 0 bridgehead atoms. The fourth-order valence-corrected chi connectivity index (χ4v) is 3.81. The van der Waals surface area contributed by atoms with Crippen molar-refractivity contribution in [3.63, 3.8) is 0 Å². The lowest BCUT2D eigenvalue weighted by Crippen LogP contribution is -2.48. The second-order valence-electron chi connectivity index (χ2n) is 6.82. The van der Waals surface area contributed by atoms with Crippen molar-refractivity contribution in [3.8, 4) is 0 Å². The molecule has 3 heterocycles. The molecular weight excluding hydrogens is 246 g/mol. The first kappa shape index (κ1) is 13.9. The smallest absolute Gasteiger partial charge is 0.0397 e. The third-order valence-corrected chi connectivity index (χ3v) is 5.44. The number of hydrogen-bond acceptors (Lipinski definition) is 3. The van der Waals surface area contributed by atoms with Gasteiger partial charge < -0.3 is 9.80 Å². The summed E-state index contributed by atoms with van der Waals surface area (Å²) in [5.41, 5.74) is 1.98. The Kier molecular flexibility index (Phi) is 3.97. The zero-order valence-electron chi connectivity index (χ0n) is 12.9. The summed E-state index contributed by atoms with van der Waals surface area (Å²) < 4.78 is 0. The standard InChI is InChI=1S/C17H27N3/c1-15(2)19-11-5-17(6-12-19)7-13-20(14-8-17)16-3-9-18-10-4-16/h3-4,9-10,15H,5-8,11-14H2,1-2H3. The zero-order valence-corrected chi connectivity index (χ0v) is 12.9. The van der Waals surface area contributed by atoms with Crippen molar-refractivity contribution >= 4 is 5.69 Å². The van der Waals surface area contributed by atoms with Crippen LogP contribution in [0, 0.1) is 5.41 Å². The quantitative estimate of drug-likeness (QED) is 0.825. The molecule has 0 amide bonds. The van der Waals surface area contributed by atoms with Gasteiger partial charge in [-0.05, 0) is 70.2 Å². The Hall–Kier alpha value is -1.09. The van der Waals surface area contributed by atoms with Crippen LogP contribution in [0.2, 0.25) is 0 Å². The summed E-state index contributed by atoms with van der Waals surface area (Å²) >= 11 is 0. The van der Waals surface area contributed by atoms with Gasteiger partial charge in [0.25, 0.3) is 0 Å². The minimum atomic E-state index is 0.634. The summed E-state index contributed by atoms with van der Waals surface area (Å²) in [6.07, 6.45) is 9.33. The molecule has 0 radical (unpaired) electrons. The fraction of sp³-hybridized carbons (Fsp3) is 0.706. The Bertz CT molecular complexity index is 411. The second kappa shape index (κ2) is 5.72. The Morgan fingerprint density at radius 2 is 1.50 bits per heavy atom. The number of hydrogen-bond donors (Lipinski definition) is 0. The first-order valence-corrected chi connectivity index (χ1v) is 8.08. The fourth-order valence-electron chi connectivity index (χ4n) is 3.81. The van der Waals surface area contributed by atoms with Crippen molar-refractivity contribution in [2.24, 2.45) is 5.41 Å². The predicted octanol–water partition coefficient (Wildman–Crippen LogP) is 3.17. The SMILES string of the molecule is CC(C)N1CCC2(CCN(c3ccncc3)CC2)CC1. The molecule has 0 aliphatic carbocycles. The number of anilines is 1. The van der Waals surface area contributed by atoms with Gasteiger partial charge in [-0.25, -0.2) is 0 Å². The number of piperidine rings is 2. The highest BCUT2D eigenvalue weighted by Gasteiger charge is 2.37. The van der Waals surface area contributed by atoms with Crippen LogP contribution in [0.5, 0.6) is 0 Å². The van der Waals surface area contributed by atoms with E-state index in [0.717, 1.165) is 0 Å². The van der Waals surface area contributed by atoms with Gasteiger partial charge in [0.1, 0.15) is 0 Å². The maximum atomic E-state index is 4.12. The van der Waals surface area contributed by atoms with E-state index in [9.17, 15) is 0 Å². The van der Waals surface area contributed by atoms with Crippen LogP contribution in [0.3, 0.4) is 0 Å². The highest BCUT2D eigenvalue weighted by Crippen LogP contribution is 2.42. The minimum absolute atomic E-state index is 0.634. The van der Waals surface area contributed by atoms with E-state index < -0.39 is 0 Å². The first-order chi connectivity index (χ1) is 9.69. The number of pyridine rings is 1. The van der Waals surface area contributed by atoms with Crippen LogP contribution in [0.1, 0.15) is 39.5 Å². The molecule has 3 heteroatoms. The maximum Gasteiger partial charge on any atom is 0.0397 e. The topological polar surface area (TPSA) is 19.4 Å². The highest BCUT2D eigenvalue weighted by molar-refractivity contribution is 5.45. The van der Waals surface area contributed by atoms with Gasteiger partial charge in [-0.1, -0.05) is 0 Å². The van der Waals surface area contributed by atoms with Gasteiger partial charge >= 0.3 is 0 Å². The molecule has 2 aliphatic heterocycles. The van der Waals surface area contributed by atoms with Crippen LogP contribution in [0.15, 0.2) is 24.5 Å². The molecule has 2 fully saturated rings. The molecule has 2 aliphatic rings. The molecule has 2 saturated heterocycles. The molecule has 0 saturated carbocycles. The molecule has 1 aromatic heterocycles. The van der Waals surface area contributed by atoms with Crippen LogP contribution < -0.4 is 4.90 Å². The monoisotopic (exact) mass is 273 g/mol. The molecular formula is C17H27N3. The molecule has 3 rings (SSSR count). The van der Waals surface area contributed by atoms with E-state index in [1.807, 2.05) is 12.4 Å². The summed E-state index contributed by atoms with van der Waals surface area (Å²) in [7, 11) is 0. The minimum Gasteiger partial charge on any atom is -0.371 e. The van der Waals surface area contributed by atoms with E-state index in [2.05, 4.69) is 40.8 Å². The summed E-state index contributed by atoms with van der Waals surface area (Å²) in [5, 5.41) is 0. The summed E-state index contributed by atoms with van der Waals surface area (Å²) in [4.78, 5) is 9.29. The maximum absolute atomic E-state index is 4.12. The summed E-state index contributed by atoms with van der Waals surface area (Å²) in [5.74, 6) is 0. The van der Waals surface area contributed by atoms with Crippen molar-refractivity contribution in [1.82, 2.24) is 9.88 Å². The van der Waals surface area contributed by atoms with Gasteiger partial charge in [0.05, 0.1) is 0 Å². The average Bonchev–Trinajstić information content (AvgIpc) is 2.49. The van der Waals surface area contributed by atoms with E-state index in [4.69, 9.17) is 0 Å². The Morgan fingerprint density at radius 3 is 2.05 bits per heavy atom. The number of likely N-dealkylation sites (tertiary alicyclic amines) is 1. The normalized spacial score (nSPS) is 23.4. The average molecular weight is 273 g/mol. The molecule has 0 N–H and O–H groups in total. The van der Waals surface area contributed by atoms with E-state index in [1.165, 1.54) is 57.5 Å². The van der Waals surface area contributed by atoms with Gasteiger partial charge in [0.2, 0.25) is 0 Å². The number of nitrogens with zero attached hydrogens (tertiary/aromatic N) is 3.